The van der Waals surface area contributed by atoms with Crippen LogP contribution in [0.5, 0.6) is 5.88 Å². The number of ether oxygens (including phenoxy) is 2. The second-order valence-corrected chi connectivity index (χ2v) is 8.25. The molecule has 0 spiro atoms. The minimum Gasteiger partial charge on any atom is -0.477 e. The number of benzene rings is 1. The van der Waals surface area contributed by atoms with Gasteiger partial charge in [-0.2, -0.15) is 4.98 Å². The second kappa shape index (κ2) is 9.31. The Kier molecular flexibility index (Phi) is 6.79. The highest BCUT2D eigenvalue weighted by Gasteiger charge is 2.26. The Morgan fingerprint density at radius 1 is 1.14 bits per heavy atom. The standard InChI is InChI=1S/C21H27ClN4O3/c1-21(2,3)29-20(27)26-13-11-25(12-14-26)19-23-10-8-18(24-19)28-15-9-16-6-4-5-7-17(16)22/h4-8,10H,9,11-15H2,1-3H3. The number of piperazine rings is 1. The summed E-state index contributed by atoms with van der Waals surface area (Å²) in [5, 5.41) is 0.738. The molecule has 2 aromatic rings. The maximum absolute atomic E-state index is 12.2. The number of anilines is 1. The molecule has 1 aromatic carbocycles. The van der Waals surface area contributed by atoms with Crippen LogP contribution in [-0.2, 0) is 11.2 Å². The molecule has 0 aliphatic carbocycles. The SMILES string of the molecule is CC(C)(C)OC(=O)N1CCN(c2nccc(OCCc3ccccc3Cl)n2)CC1. The van der Waals surface area contributed by atoms with E-state index in [-0.39, 0.29) is 6.09 Å². The fourth-order valence-corrected chi connectivity index (χ4v) is 3.18. The van der Waals surface area contributed by atoms with Crippen molar-refractivity contribution in [1.29, 1.82) is 0 Å². The second-order valence-electron chi connectivity index (χ2n) is 7.84. The molecular weight excluding hydrogens is 392 g/mol. The molecule has 1 aliphatic heterocycles. The Hall–Kier alpha value is -2.54. The van der Waals surface area contributed by atoms with Crippen molar-refractivity contribution in [2.24, 2.45) is 0 Å². The minimum atomic E-state index is -0.493. The smallest absolute Gasteiger partial charge is 0.410 e. The van der Waals surface area contributed by atoms with E-state index in [1.54, 1.807) is 17.2 Å². The number of rotatable bonds is 5. The summed E-state index contributed by atoms with van der Waals surface area (Å²) in [6, 6.07) is 9.47. The molecule has 0 atom stereocenters. The summed E-state index contributed by atoms with van der Waals surface area (Å²) in [5.41, 5.74) is 0.550. The first kappa shape index (κ1) is 21.2. The molecule has 0 radical (unpaired) electrons. The van der Waals surface area contributed by atoms with Crippen LogP contribution in [0.2, 0.25) is 5.02 Å². The Morgan fingerprint density at radius 2 is 1.86 bits per heavy atom. The van der Waals surface area contributed by atoms with E-state index in [0.29, 0.717) is 51.0 Å². The van der Waals surface area contributed by atoms with Gasteiger partial charge in [-0.15, -0.1) is 0 Å². The number of nitrogens with zero attached hydrogens (tertiary/aromatic N) is 4. The zero-order valence-corrected chi connectivity index (χ0v) is 17.9. The highest BCUT2D eigenvalue weighted by Crippen LogP contribution is 2.18. The normalized spacial score (nSPS) is 14.6. The summed E-state index contributed by atoms with van der Waals surface area (Å²) in [4.78, 5) is 24.8. The average Bonchev–Trinajstić information content (AvgIpc) is 2.68. The Labute approximate surface area is 176 Å². The summed E-state index contributed by atoms with van der Waals surface area (Å²) in [5.74, 6) is 1.13. The van der Waals surface area contributed by atoms with Crippen LogP contribution in [0.15, 0.2) is 36.5 Å². The van der Waals surface area contributed by atoms with Crippen LogP contribution in [0.1, 0.15) is 26.3 Å². The zero-order valence-electron chi connectivity index (χ0n) is 17.1. The third-order valence-corrected chi connectivity index (χ3v) is 4.78. The maximum atomic E-state index is 12.2. The first-order valence-electron chi connectivity index (χ1n) is 9.74. The first-order valence-corrected chi connectivity index (χ1v) is 10.1. The highest BCUT2D eigenvalue weighted by molar-refractivity contribution is 6.31. The van der Waals surface area contributed by atoms with Gasteiger partial charge in [0.1, 0.15) is 5.60 Å². The van der Waals surface area contributed by atoms with Crippen molar-refractivity contribution in [2.45, 2.75) is 32.8 Å². The number of halogens is 1. The van der Waals surface area contributed by atoms with E-state index in [2.05, 4.69) is 9.97 Å². The number of aromatic nitrogens is 2. The molecule has 0 N–H and O–H groups in total. The van der Waals surface area contributed by atoms with Gasteiger partial charge in [-0.05, 0) is 32.4 Å². The van der Waals surface area contributed by atoms with E-state index in [1.807, 2.05) is 49.9 Å². The van der Waals surface area contributed by atoms with Gasteiger partial charge in [-0.25, -0.2) is 9.78 Å². The van der Waals surface area contributed by atoms with Gasteiger partial charge in [0.15, 0.2) is 0 Å². The van der Waals surface area contributed by atoms with E-state index < -0.39 is 5.60 Å². The molecule has 1 aromatic heterocycles. The van der Waals surface area contributed by atoms with Crippen LogP contribution in [0, 0.1) is 0 Å². The molecule has 1 saturated heterocycles. The lowest BCUT2D eigenvalue weighted by atomic mass is 10.2. The minimum absolute atomic E-state index is 0.283. The zero-order chi connectivity index (χ0) is 20.9. The molecular formula is C21H27ClN4O3. The molecule has 3 rings (SSSR count). The fraction of sp³-hybridized carbons (Fsp3) is 0.476. The van der Waals surface area contributed by atoms with Crippen LogP contribution >= 0.6 is 11.6 Å². The Morgan fingerprint density at radius 3 is 2.55 bits per heavy atom. The van der Waals surface area contributed by atoms with Crippen LogP contribution in [0.4, 0.5) is 10.7 Å². The van der Waals surface area contributed by atoms with Crippen LogP contribution in [0.3, 0.4) is 0 Å². The van der Waals surface area contributed by atoms with Crippen LogP contribution < -0.4 is 9.64 Å². The van der Waals surface area contributed by atoms with Crippen molar-refractivity contribution in [2.75, 3.05) is 37.7 Å². The van der Waals surface area contributed by atoms with Crippen molar-refractivity contribution in [3.63, 3.8) is 0 Å². The van der Waals surface area contributed by atoms with Crippen molar-refractivity contribution in [1.82, 2.24) is 14.9 Å². The van der Waals surface area contributed by atoms with Gasteiger partial charge in [0.05, 0.1) is 6.61 Å². The molecule has 0 unspecified atom stereocenters. The summed E-state index contributed by atoms with van der Waals surface area (Å²) < 4.78 is 11.2. The lowest BCUT2D eigenvalue weighted by molar-refractivity contribution is 0.0240. The first-order chi connectivity index (χ1) is 13.8. The van der Waals surface area contributed by atoms with Gasteiger partial charge in [0.25, 0.3) is 0 Å². The summed E-state index contributed by atoms with van der Waals surface area (Å²) in [6.07, 6.45) is 2.11. The maximum Gasteiger partial charge on any atom is 0.410 e. The topological polar surface area (TPSA) is 67.8 Å². The third-order valence-electron chi connectivity index (χ3n) is 4.41. The Bertz CT molecular complexity index is 833. The Balaban J connectivity index is 1.51. The van der Waals surface area contributed by atoms with Gasteiger partial charge < -0.3 is 19.3 Å². The van der Waals surface area contributed by atoms with E-state index in [4.69, 9.17) is 21.1 Å². The molecule has 2 heterocycles. The lowest BCUT2D eigenvalue weighted by Gasteiger charge is -2.35. The molecule has 1 amide bonds. The molecule has 156 valence electrons. The highest BCUT2D eigenvalue weighted by atomic mass is 35.5. The molecule has 7 nitrogen and oxygen atoms in total. The van der Waals surface area contributed by atoms with Crippen LogP contribution in [-0.4, -0.2) is 59.3 Å². The predicted octanol–water partition coefficient (Wildman–Crippen LogP) is 3.81. The summed E-state index contributed by atoms with van der Waals surface area (Å²) in [6.45, 7) is 8.49. The third kappa shape index (κ3) is 6.22. The van der Waals surface area contributed by atoms with Gasteiger partial charge in [0, 0.05) is 49.9 Å². The summed E-state index contributed by atoms with van der Waals surface area (Å²) >= 11 is 6.18. The van der Waals surface area contributed by atoms with E-state index in [1.165, 1.54) is 0 Å². The van der Waals surface area contributed by atoms with E-state index >= 15 is 0 Å². The van der Waals surface area contributed by atoms with Gasteiger partial charge >= 0.3 is 6.09 Å². The number of hydrogen-bond acceptors (Lipinski definition) is 6. The predicted molar refractivity (Wildman–Crippen MR) is 113 cm³/mol. The largest absolute Gasteiger partial charge is 0.477 e. The molecule has 1 fully saturated rings. The summed E-state index contributed by atoms with van der Waals surface area (Å²) in [7, 11) is 0. The molecule has 0 saturated carbocycles. The fourth-order valence-electron chi connectivity index (χ4n) is 2.95. The van der Waals surface area contributed by atoms with Crippen molar-refractivity contribution in [3.05, 3.63) is 47.1 Å². The monoisotopic (exact) mass is 418 g/mol. The number of carbonyl (C=O) groups is 1. The molecule has 8 heteroatoms. The quantitative estimate of drug-likeness (QED) is 0.735. The number of amides is 1. The van der Waals surface area contributed by atoms with E-state index in [9.17, 15) is 4.79 Å². The van der Waals surface area contributed by atoms with Crippen LogP contribution in [0.25, 0.3) is 0 Å². The van der Waals surface area contributed by atoms with E-state index in [0.717, 1.165) is 10.6 Å². The van der Waals surface area contributed by atoms with Crippen molar-refractivity contribution in [3.8, 4) is 5.88 Å². The average molecular weight is 419 g/mol. The molecule has 0 bridgehead atoms. The number of carbonyl (C=O) groups excluding carboxylic acids is 1. The molecule has 29 heavy (non-hydrogen) atoms. The molecule has 1 aliphatic rings. The van der Waals surface area contributed by atoms with Crippen molar-refractivity contribution >= 4 is 23.6 Å². The van der Waals surface area contributed by atoms with Gasteiger partial charge in [-0.1, -0.05) is 29.8 Å². The van der Waals surface area contributed by atoms with Gasteiger partial charge in [-0.3, -0.25) is 0 Å². The van der Waals surface area contributed by atoms with Gasteiger partial charge in [0.2, 0.25) is 11.8 Å². The van der Waals surface area contributed by atoms with Crippen molar-refractivity contribution < 1.29 is 14.3 Å². The lowest BCUT2D eigenvalue weighted by Crippen LogP contribution is -2.50. The number of hydrogen-bond donors (Lipinski definition) is 0.